The Labute approximate surface area is 126 Å². The van der Waals surface area contributed by atoms with E-state index in [0.29, 0.717) is 22.6 Å². The Morgan fingerprint density at radius 3 is 2.60 bits per heavy atom. The number of aromatic nitrogens is 1. The molecular formula is C12H11BrF3N3S. The lowest BCUT2D eigenvalue weighted by atomic mass is 10.1. The molecule has 0 bridgehead atoms. The van der Waals surface area contributed by atoms with Gasteiger partial charge in [-0.25, -0.2) is 4.98 Å². The molecule has 2 aromatic rings. The normalized spacial score (nSPS) is 13.4. The van der Waals surface area contributed by atoms with Gasteiger partial charge in [-0.3, -0.25) is 11.3 Å². The third kappa shape index (κ3) is 3.57. The molecule has 108 valence electrons. The van der Waals surface area contributed by atoms with Crippen LogP contribution >= 0.6 is 27.3 Å². The van der Waals surface area contributed by atoms with Crippen molar-refractivity contribution in [3.63, 3.8) is 0 Å². The van der Waals surface area contributed by atoms with Crippen molar-refractivity contribution in [1.29, 1.82) is 0 Å². The van der Waals surface area contributed by atoms with Crippen molar-refractivity contribution < 1.29 is 13.2 Å². The number of nitrogens with one attached hydrogen (secondary N) is 1. The summed E-state index contributed by atoms with van der Waals surface area (Å²) in [4.78, 5) is 3.86. The van der Waals surface area contributed by atoms with E-state index < -0.39 is 17.2 Å². The predicted molar refractivity (Wildman–Crippen MR) is 75.0 cm³/mol. The van der Waals surface area contributed by atoms with Gasteiger partial charge in [-0.15, -0.1) is 11.3 Å². The highest BCUT2D eigenvalue weighted by atomic mass is 79.9. The summed E-state index contributed by atoms with van der Waals surface area (Å²) in [7, 11) is 0. The van der Waals surface area contributed by atoms with Crippen molar-refractivity contribution in [3.05, 3.63) is 50.4 Å². The summed E-state index contributed by atoms with van der Waals surface area (Å²) in [6.45, 7) is 0. The topological polar surface area (TPSA) is 50.9 Å². The molecule has 3 N–H and O–H groups in total. The number of halogens is 4. The molecule has 0 fully saturated rings. The Bertz CT molecular complexity index is 585. The summed E-state index contributed by atoms with van der Waals surface area (Å²) in [6, 6.07) is 7.08. The molecule has 0 saturated heterocycles. The van der Waals surface area contributed by atoms with Crippen LogP contribution in [-0.2, 0) is 12.6 Å². The van der Waals surface area contributed by atoms with E-state index in [2.05, 4.69) is 26.3 Å². The van der Waals surface area contributed by atoms with Crippen LogP contribution in [0.5, 0.6) is 0 Å². The lowest BCUT2D eigenvalue weighted by Crippen LogP contribution is -2.29. The maximum atomic E-state index is 12.5. The molecule has 1 aromatic heterocycles. The summed E-state index contributed by atoms with van der Waals surface area (Å²) in [5.74, 6) is 5.45. The fourth-order valence-corrected chi connectivity index (χ4v) is 2.99. The summed E-state index contributed by atoms with van der Waals surface area (Å²) in [6.07, 6.45) is -2.73. The van der Waals surface area contributed by atoms with Crippen molar-refractivity contribution in [1.82, 2.24) is 10.4 Å². The SMILES string of the molecule is NNC(Cc1ccccc1Br)c1cnc(C(F)(F)F)s1. The fraction of sp³-hybridized carbons (Fsp3) is 0.250. The van der Waals surface area contributed by atoms with Gasteiger partial charge >= 0.3 is 6.18 Å². The number of hydrogen-bond acceptors (Lipinski definition) is 4. The van der Waals surface area contributed by atoms with Gasteiger partial charge < -0.3 is 0 Å². The van der Waals surface area contributed by atoms with Crippen LogP contribution in [0.1, 0.15) is 21.5 Å². The van der Waals surface area contributed by atoms with Gasteiger partial charge in [-0.2, -0.15) is 13.2 Å². The second-order valence-corrected chi connectivity index (χ2v) is 6.00. The van der Waals surface area contributed by atoms with Gasteiger partial charge in [0.1, 0.15) is 0 Å². The highest BCUT2D eigenvalue weighted by Gasteiger charge is 2.35. The molecule has 1 heterocycles. The molecule has 0 aliphatic heterocycles. The number of alkyl halides is 3. The van der Waals surface area contributed by atoms with Crippen molar-refractivity contribution in [3.8, 4) is 0 Å². The molecule has 1 atom stereocenters. The predicted octanol–water partition coefficient (Wildman–Crippen LogP) is 3.67. The van der Waals surface area contributed by atoms with Crippen LogP contribution in [0.15, 0.2) is 34.9 Å². The quantitative estimate of drug-likeness (QED) is 0.641. The second kappa shape index (κ2) is 6.21. The van der Waals surface area contributed by atoms with E-state index in [9.17, 15) is 13.2 Å². The number of nitrogens with two attached hydrogens (primary N) is 1. The highest BCUT2D eigenvalue weighted by Crippen LogP contribution is 2.35. The Balaban J connectivity index is 2.21. The summed E-state index contributed by atoms with van der Waals surface area (Å²) < 4.78 is 38.5. The highest BCUT2D eigenvalue weighted by molar-refractivity contribution is 9.10. The van der Waals surface area contributed by atoms with E-state index in [1.165, 1.54) is 6.20 Å². The van der Waals surface area contributed by atoms with Crippen molar-refractivity contribution in [2.24, 2.45) is 5.84 Å². The minimum absolute atomic E-state index is 0.415. The first kappa shape index (κ1) is 15.4. The van der Waals surface area contributed by atoms with Crippen molar-refractivity contribution >= 4 is 27.3 Å². The molecule has 0 saturated carbocycles. The van der Waals surface area contributed by atoms with Crippen LogP contribution in [0.25, 0.3) is 0 Å². The zero-order valence-corrected chi connectivity index (χ0v) is 12.5. The van der Waals surface area contributed by atoms with Gasteiger partial charge in [-0.1, -0.05) is 34.1 Å². The van der Waals surface area contributed by atoms with Crippen LogP contribution in [0, 0.1) is 0 Å². The van der Waals surface area contributed by atoms with Crippen molar-refractivity contribution in [2.75, 3.05) is 0 Å². The van der Waals surface area contributed by atoms with Crippen LogP contribution in [0.2, 0.25) is 0 Å². The molecule has 0 radical (unpaired) electrons. The number of rotatable bonds is 4. The van der Waals surface area contributed by atoms with Gasteiger partial charge in [0, 0.05) is 15.5 Å². The van der Waals surface area contributed by atoms with Gasteiger partial charge in [0.2, 0.25) is 0 Å². The zero-order chi connectivity index (χ0) is 14.8. The minimum atomic E-state index is -4.42. The first-order valence-corrected chi connectivity index (χ1v) is 7.25. The fourth-order valence-electron chi connectivity index (χ4n) is 1.70. The molecule has 0 aliphatic rings. The first-order valence-electron chi connectivity index (χ1n) is 5.64. The summed E-state index contributed by atoms with van der Waals surface area (Å²) in [5, 5.41) is -0.861. The largest absolute Gasteiger partial charge is 0.443 e. The smallest absolute Gasteiger partial charge is 0.271 e. The summed E-state index contributed by atoms with van der Waals surface area (Å²) >= 11 is 4.01. The minimum Gasteiger partial charge on any atom is -0.271 e. The number of thiazole rings is 1. The number of benzene rings is 1. The molecule has 8 heteroatoms. The van der Waals surface area contributed by atoms with Gasteiger partial charge in [0.15, 0.2) is 5.01 Å². The van der Waals surface area contributed by atoms with E-state index >= 15 is 0 Å². The van der Waals surface area contributed by atoms with Crippen LogP contribution in [0.4, 0.5) is 13.2 Å². The molecular weight excluding hydrogens is 355 g/mol. The first-order chi connectivity index (χ1) is 9.41. The number of nitrogens with zero attached hydrogens (tertiary/aromatic N) is 1. The number of hydrogen-bond donors (Lipinski definition) is 2. The molecule has 2 rings (SSSR count). The van der Waals surface area contributed by atoms with Gasteiger partial charge in [-0.05, 0) is 18.1 Å². The van der Waals surface area contributed by atoms with E-state index in [0.717, 1.165) is 10.0 Å². The Hall–Kier alpha value is -0.960. The van der Waals surface area contributed by atoms with E-state index in [-0.39, 0.29) is 0 Å². The monoisotopic (exact) mass is 365 g/mol. The lowest BCUT2D eigenvalue weighted by Gasteiger charge is -2.14. The Kier molecular flexibility index (Phi) is 4.79. The van der Waals surface area contributed by atoms with E-state index in [4.69, 9.17) is 5.84 Å². The van der Waals surface area contributed by atoms with Crippen LogP contribution < -0.4 is 11.3 Å². The Morgan fingerprint density at radius 1 is 1.35 bits per heavy atom. The molecule has 0 aliphatic carbocycles. The molecule has 3 nitrogen and oxygen atoms in total. The Morgan fingerprint density at radius 2 is 2.05 bits per heavy atom. The third-order valence-corrected chi connectivity index (χ3v) is 4.62. The maximum absolute atomic E-state index is 12.5. The van der Waals surface area contributed by atoms with E-state index in [1.807, 2.05) is 24.3 Å². The molecule has 0 amide bonds. The van der Waals surface area contributed by atoms with Crippen LogP contribution in [-0.4, -0.2) is 4.98 Å². The molecule has 20 heavy (non-hydrogen) atoms. The van der Waals surface area contributed by atoms with Crippen LogP contribution in [0.3, 0.4) is 0 Å². The number of hydrazine groups is 1. The average molecular weight is 366 g/mol. The standard InChI is InChI=1S/C12H11BrF3N3S/c13-8-4-2-1-3-7(8)5-9(19-17)10-6-18-11(20-10)12(14,15)16/h1-4,6,9,19H,5,17H2. The third-order valence-electron chi connectivity index (χ3n) is 2.69. The second-order valence-electron chi connectivity index (χ2n) is 4.08. The molecule has 1 unspecified atom stereocenters. The average Bonchev–Trinajstić information content (AvgIpc) is 2.87. The van der Waals surface area contributed by atoms with Crippen molar-refractivity contribution in [2.45, 2.75) is 18.6 Å². The maximum Gasteiger partial charge on any atom is 0.443 e. The zero-order valence-electron chi connectivity index (χ0n) is 10.1. The van der Waals surface area contributed by atoms with Gasteiger partial charge in [0.05, 0.1) is 6.04 Å². The summed E-state index contributed by atoms with van der Waals surface area (Å²) in [5.41, 5.74) is 3.50. The lowest BCUT2D eigenvalue weighted by molar-refractivity contribution is -0.137. The van der Waals surface area contributed by atoms with Gasteiger partial charge in [0.25, 0.3) is 0 Å². The molecule has 1 aromatic carbocycles. The molecule has 0 spiro atoms. The van der Waals surface area contributed by atoms with E-state index in [1.54, 1.807) is 0 Å².